The van der Waals surface area contributed by atoms with E-state index in [4.69, 9.17) is 15.7 Å². The maximum atomic E-state index is 5.20. The summed E-state index contributed by atoms with van der Waals surface area (Å²) < 4.78 is 0. The lowest BCUT2D eigenvalue weighted by atomic mass is 10.0. The smallest absolute Gasteiger partial charge is 0.144 e. The van der Waals surface area contributed by atoms with Crippen LogP contribution in [0, 0.1) is 0 Å². The first-order chi connectivity index (χ1) is 3.79. The molecule has 0 spiro atoms. The van der Waals surface area contributed by atoms with Crippen molar-refractivity contribution in [2.24, 2.45) is 0 Å². The molecule has 0 aliphatic rings. The highest BCUT2D eigenvalue weighted by Crippen LogP contribution is 1.61. The van der Waals surface area contributed by atoms with Gasteiger partial charge in [-0.25, -0.2) is 0 Å². The molecule has 0 bridgehead atoms. The molecular weight excluding hydrogens is 97.7 g/mol. The van der Waals surface area contributed by atoms with Gasteiger partial charge in [-0.2, -0.15) is 10.2 Å². The monoisotopic (exact) mass is 100 g/mol. The van der Waals surface area contributed by atoms with Crippen molar-refractivity contribution in [1.29, 1.82) is 0 Å². The van der Waals surface area contributed by atoms with Gasteiger partial charge in [-0.05, 0) is 12.1 Å². The van der Waals surface area contributed by atoms with Crippen molar-refractivity contribution in [3.8, 4) is 0 Å². The van der Waals surface area contributed by atoms with Crippen LogP contribution in [0.5, 0.6) is 0 Å². The lowest BCUT2D eigenvalue weighted by Gasteiger charge is -1.88. The molecule has 34 valence electrons. The Balaban J connectivity index is 3.03. The van der Waals surface area contributed by atoms with Crippen LogP contribution < -0.4 is 11.2 Å². The van der Waals surface area contributed by atoms with E-state index in [2.05, 4.69) is 10.2 Å². The van der Waals surface area contributed by atoms with Crippen molar-refractivity contribution in [3.63, 3.8) is 0 Å². The third-order valence-corrected chi connectivity index (χ3v) is 0.706. The predicted molar refractivity (Wildman–Crippen MR) is 32.8 cm³/mol. The second-order valence-corrected chi connectivity index (χ2v) is 1.38. The van der Waals surface area contributed by atoms with Crippen molar-refractivity contribution in [2.75, 3.05) is 0 Å². The third kappa shape index (κ3) is 1.09. The van der Waals surface area contributed by atoms with Gasteiger partial charge in [0, 0.05) is 11.2 Å². The number of hydrogen-bond acceptors (Lipinski definition) is 2. The summed E-state index contributed by atoms with van der Waals surface area (Å²) in [5.74, 6) is 0. The van der Waals surface area contributed by atoms with Crippen LogP contribution in [0.25, 0.3) is 0 Å². The summed E-state index contributed by atoms with van der Waals surface area (Å²) in [6.07, 6.45) is 0. The molecular formula is C4H2B2N2. The lowest BCUT2D eigenvalue weighted by Crippen LogP contribution is -2.18. The van der Waals surface area contributed by atoms with Crippen molar-refractivity contribution in [3.05, 3.63) is 12.1 Å². The van der Waals surface area contributed by atoms with E-state index < -0.39 is 0 Å². The first kappa shape index (κ1) is 5.35. The minimum absolute atomic E-state index is 0.388. The van der Waals surface area contributed by atoms with Gasteiger partial charge in [0.2, 0.25) is 0 Å². The Morgan fingerprint density at radius 2 is 1.38 bits per heavy atom. The van der Waals surface area contributed by atoms with Gasteiger partial charge in [0.05, 0.1) is 0 Å². The van der Waals surface area contributed by atoms with Crippen LogP contribution in [0.3, 0.4) is 0 Å². The molecule has 0 aliphatic heterocycles. The average molecular weight is 99.7 g/mol. The zero-order chi connectivity index (χ0) is 5.98. The second kappa shape index (κ2) is 1.99. The number of nitrogens with zero attached hydrogens (tertiary/aromatic N) is 2. The Labute approximate surface area is 50.1 Å². The second-order valence-electron chi connectivity index (χ2n) is 1.38. The van der Waals surface area contributed by atoms with Crippen molar-refractivity contribution in [2.45, 2.75) is 0 Å². The van der Waals surface area contributed by atoms with Gasteiger partial charge in [-0.1, -0.05) is 0 Å². The quantitative estimate of drug-likeness (QED) is 0.354. The van der Waals surface area contributed by atoms with Crippen molar-refractivity contribution in [1.82, 2.24) is 10.2 Å². The van der Waals surface area contributed by atoms with E-state index in [-0.39, 0.29) is 0 Å². The summed E-state index contributed by atoms with van der Waals surface area (Å²) in [6.45, 7) is 0. The fraction of sp³-hybridized carbons (Fsp3) is 0. The highest BCUT2D eigenvalue weighted by molar-refractivity contribution is 6.32. The van der Waals surface area contributed by atoms with Crippen LogP contribution in [0.4, 0.5) is 0 Å². The summed E-state index contributed by atoms with van der Waals surface area (Å²) in [5.41, 5.74) is 0.776. The fourth-order valence-corrected chi connectivity index (χ4v) is 0.353. The first-order valence-electron chi connectivity index (χ1n) is 2.14. The molecule has 1 rings (SSSR count). The normalized spacial score (nSPS) is 9.00. The molecule has 1 aromatic rings. The molecule has 0 saturated carbocycles. The van der Waals surface area contributed by atoms with E-state index in [0.717, 1.165) is 0 Å². The third-order valence-electron chi connectivity index (χ3n) is 0.706. The molecule has 1 heterocycles. The number of aromatic nitrogens is 2. The molecule has 4 heteroatoms. The molecule has 0 atom stereocenters. The van der Waals surface area contributed by atoms with Gasteiger partial charge in [0.25, 0.3) is 0 Å². The topological polar surface area (TPSA) is 25.8 Å². The van der Waals surface area contributed by atoms with E-state index in [1.54, 1.807) is 12.1 Å². The highest BCUT2D eigenvalue weighted by atomic mass is 15.1. The van der Waals surface area contributed by atoms with E-state index in [9.17, 15) is 0 Å². The predicted octanol–water partition coefficient (Wildman–Crippen LogP) is -1.94. The van der Waals surface area contributed by atoms with Crippen LogP contribution in [0.1, 0.15) is 0 Å². The molecule has 0 N–H and O–H groups in total. The summed E-state index contributed by atoms with van der Waals surface area (Å²) in [6, 6.07) is 3.20. The van der Waals surface area contributed by atoms with Gasteiger partial charge in [-0.3, -0.25) is 0 Å². The Kier molecular flexibility index (Phi) is 1.33. The maximum absolute atomic E-state index is 5.20. The average Bonchev–Trinajstić information content (AvgIpc) is 1.77. The highest BCUT2D eigenvalue weighted by Gasteiger charge is 1.82. The van der Waals surface area contributed by atoms with Gasteiger partial charge in [-0.15, -0.1) is 0 Å². The summed E-state index contributed by atoms with van der Waals surface area (Å²) >= 11 is 0. The minimum atomic E-state index is 0.388. The van der Waals surface area contributed by atoms with Gasteiger partial charge in [0.1, 0.15) is 15.7 Å². The lowest BCUT2D eigenvalue weighted by molar-refractivity contribution is 1.09. The zero-order valence-corrected chi connectivity index (χ0v) is 4.20. The largest absolute Gasteiger partial charge is 0.168 e. The van der Waals surface area contributed by atoms with Crippen LogP contribution >= 0.6 is 0 Å². The molecule has 0 aliphatic carbocycles. The Hall–Kier alpha value is -0.790. The molecule has 1 aromatic heterocycles. The molecule has 0 aromatic carbocycles. The molecule has 8 heavy (non-hydrogen) atoms. The zero-order valence-electron chi connectivity index (χ0n) is 4.20. The molecule has 0 saturated heterocycles. The molecule has 0 unspecified atom stereocenters. The van der Waals surface area contributed by atoms with Gasteiger partial charge in [0.15, 0.2) is 0 Å². The summed E-state index contributed by atoms with van der Waals surface area (Å²) in [5, 5.41) is 6.96. The summed E-state index contributed by atoms with van der Waals surface area (Å²) in [4.78, 5) is 0. The Morgan fingerprint density at radius 3 is 1.62 bits per heavy atom. The fourth-order valence-electron chi connectivity index (χ4n) is 0.353. The first-order valence-corrected chi connectivity index (χ1v) is 2.14. The van der Waals surface area contributed by atoms with E-state index >= 15 is 0 Å². The van der Waals surface area contributed by atoms with Crippen molar-refractivity contribution < 1.29 is 0 Å². The van der Waals surface area contributed by atoms with Crippen LogP contribution in [-0.2, 0) is 0 Å². The standard InChI is InChI=1S/C4H2B2N2/c5-3-1-2-4(6)8-7-3/h1-2H. The van der Waals surface area contributed by atoms with E-state index in [1.165, 1.54) is 0 Å². The maximum Gasteiger partial charge on any atom is 0.144 e. The Morgan fingerprint density at radius 1 is 1.00 bits per heavy atom. The van der Waals surface area contributed by atoms with E-state index in [1.807, 2.05) is 0 Å². The molecule has 0 amide bonds. The molecule has 0 fully saturated rings. The number of rotatable bonds is 0. The van der Waals surface area contributed by atoms with E-state index in [0.29, 0.717) is 11.2 Å². The van der Waals surface area contributed by atoms with Crippen LogP contribution in [0.15, 0.2) is 12.1 Å². The van der Waals surface area contributed by atoms with Crippen molar-refractivity contribution >= 4 is 26.9 Å². The van der Waals surface area contributed by atoms with Crippen LogP contribution in [-0.4, -0.2) is 25.9 Å². The van der Waals surface area contributed by atoms with Crippen LogP contribution in [0.2, 0.25) is 0 Å². The molecule has 2 nitrogen and oxygen atoms in total. The molecule has 4 radical (unpaired) electrons. The minimum Gasteiger partial charge on any atom is -0.168 e. The van der Waals surface area contributed by atoms with Gasteiger partial charge < -0.3 is 0 Å². The summed E-state index contributed by atoms with van der Waals surface area (Å²) in [7, 11) is 10.4. The van der Waals surface area contributed by atoms with Gasteiger partial charge >= 0.3 is 0 Å². The SMILES string of the molecule is [B]c1ccc([B])nn1. The number of hydrogen-bond donors (Lipinski definition) is 0. The Bertz CT molecular complexity index is 151.